The first-order valence-electron chi connectivity index (χ1n) is 9.65. The first-order chi connectivity index (χ1) is 14.3. The number of aryl methyl sites for hydroxylation is 2. The Kier molecular flexibility index (Phi) is 10.2. The quantitative estimate of drug-likeness (QED) is 0.191. The molecule has 0 radical (unpaired) electrons. The molecule has 160 valence electrons. The van der Waals surface area contributed by atoms with E-state index >= 15 is 0 Å². The maximum absolute atomic E-state index is 5.62. The molecule has 0 bridgehead atoms. The molecule has 2 nitrogen and oxygen atoms in total. The van der Waals surface area contributed by atoms with Gasteiger partial charge in [0.1, 0.15) is 0 Å². The van der Waals surface area contributed by atoms with Crippen molar-refractivity contribution in [2.75, 3.05) is 14.2 Å². The molecule has 0 unspecified atom stereocenters. The monoisotopic (exact) mass is 536 g/mol. The van der Waals surface area contributed by atoms with Crippen molar-refractivity contribution in [3.8, 4) is 11.5 Å². The summed E-state index contributed by atoms with van der Waals surface area (Å²) in [4.78, 5) is 0. The van der Waals surface area contributed by atoms with Crippen LogP contribution in [-0.2, 0) is 18.0 Å². The molecule has 0 saturated heterocycles. The molecule has 0 amide bonds. The Labute approximate surface area is 194 Å². The van der Waals surface area contributed by atoms with E-state index in [9.17, 15) is 0 Å². The Morgan fingerprint density at radius 1 is 0.767 bits per heavy atom. The second kappa shape index (κ2) is 12.1. The summed E-state index contributed by atoms with van der Waals surface area (Å²) < 4.78 is 10.5. The van der Waals surface area contributed by atoms with Gasteiger partial charge in [-0.3, -0.25) is 0 Å². The van der Waals surface area contributed by atoms with Crippen LogP contribution in [-0.4, -0.2) is 19.7 Å². The molecule has 30 heavy (non-hydrogen) atoms. The van der Waals surface area contributed by atoms with E-state index in [2.05, 4.69) is 63.3 Å². The molecule has 0 aromatic heterocycles. The number of halogens is 2. The van der Waals surface area contributed by atoms with Crippen LogP contribution in [0.3, 0.4) is 0 Å². The fourth-order valence-corrected chi connectivity index (χ4v) is 3.07. The summed E-state index contributed by atoms with van der Waals surface area (Å²) in [5.74, 6) is 1.92. The fraction of sp³-hybridized carbons (Fsp3) is 0.250. The van der Waals surface area contributed by atoms with Crippen LogP contribution in [0.15, 0.2) is 60.7 Å². The average Bonchev–Trinajstić information content (AvgIpc) is 3.28. The first kappa shape index (κ1) is 25.2. The first-order valence-corrected chi connectivity index (χ1v) is 22.2. The third-order valence-corrected chi connectivity index (χ3v) is 24.3. The van der Waals surface area contributed by atoms with Gasteiger partial charge in [-0.05, 0) is 12.1 Å². The summed E-state index contributed by atoms with van der Waals surface area (Å²) in [5.41, 5.74) is 2.35. The van der Waals surface area contributed by atoms with E-state index in [0.29, 0.717) is 0 Å². The zero-order valence-corrected chi connectivity index (χ0v) is 23.3. The molecule has 4 rings (SSSR count). The fourth-order valence-electron chi connectivity index (χ4n) is 3.07. The van der Waals surface area contributed by atoms with Gasteiger partial charge in [0.2, 0.25) is 0 Å². The number of rotatable bonds is 2. The number of hydrogen-bond donors (Lipinski definition) is 0. The van der Waals surface area contributed by atoms with Gasteiger partial charge in [0.05, 0.1) is 25.7 Å². The molecule has 6 heteroatoms. The Morgan fingerprint density at radius 3 is 1.43 bits per heavy atom. The van der Waals surface area contributed by atoms with Crippen molar-refractivity contribution in [3.63, 3.8) is 0 Å². The molecule has 0 saturated carbocycles. The van der Waals surface area contributed by atoms with Crippen LogP contribution in [0.25, 0.3) is 21.5 Å². The van der Waals surface area contributed by atoms with Gasteiger partial charge in [0.25, 0.3) is 0 Å². The predicted octanol–water partition coefficient (Wildman–Crippen LogP) is 7.91. The second-order valence-electron chi connectivity index (χ2n) is 7.25. The molecule has 0 spiro atoms. The Hall–Kier alpha value is -1.06. The topological polar surface area (TPSA) is 18.5 Å². The molecule has 0 atom stereocenters. The van der Waals surface area contributed by atoms with E-state index in [1.165, 1.54) is 32.7 Å². The molecule has 0 heterocycles. The van der Waals surface area contributed by atoms with Gasteiger partial charge in [-0.25, -0.2) is 0 Å². The summed E-state index contributed by atoms with van der Waals surface area (Å²) in [5, 5.41) is 4.92. The van der Waals surface area contributed by atoms with Crippen molar-refractivity contribution in [1.29, 1.82) is 0 Å². The van der Waals surface area contributed by atoms with Crippen molar-refractivity contribution in [2.45, 2.75) is 26.9 Å². The third kappa shape index (κ3) is 6.99. The van der Waals surface area contributed by atoms with E-state index < -0.39 is 18.0 Å². The number of methoxy groups -OCH3 is 2. The summed E-state index contributed by atoms with van der Waals surface area (Å²) >= 11 is -1.65. The van der Waals surface area contributed by atoms with Gasteiger partial charge >= 0.3 is 53.5 Å². The standard InChI is InChI=1S/2C11H11O.C2H6Si.2ClH.Zr/c2*1-8-6-9-4-3-5-11(12-2)10(9)7-8;1-3-2;;;/h2*3-7H,1-2H3;1-2H3;2*1H;/q2*-1;;;;+2/p-2. The SMILES string of the molecule is COc1cccc2[cH-]c(C)cc12.COc1cccc2[cH-]c(C)cc12.C[Si](C)=[Zr]([Cl])[Cl]. The van der Waals surface area contributed by atoms with Gasteiger partial charge < -0.3 is 9.47 Å². The average molecular weight is 539 g/mol. The Morgan fingerprint density at radius 2 is 1.13 bits per heavy atom. The third-order valence-electron chi connectivity index (χ3n) is 4.53. The summed E-state index contributed by atoms with van der Waals surface area (Å²) in [7, 11) is 14.7. The molecule has 0 aliphatic rings. The van der Waals surface area contributed by atoms with Crippen molar-refractivity contribution >= 4 is 44.0 Å². The summed E-state index contributed by atoms with van der Waals surface area (Å²) in [6, 6.07) is 20.8. The van der Waals surface area contributed by atoms with Crippen molar-refractivity contribution in [2.24, 2.45) is 0 Å². The molecule has 4 aromatic carbocycles. The van der Waals surface area contributed by atoms with Crippen LogP contribution in [0, 0.1) is 13.8 Å². The van der Waals surface area contributed by atoms with Gasteiger partial charge in [0.15, 0.2) is 0 Å². The molecule has 0 fully saturated rings. The van der Waals surface area contributed by atoms with Gasteiger partial charge in [-0.2, -0.15) is 12.1 Å². The molecule has 0 aliphatic carbocycles. The van der Waals surface area contributed by atoms with Crippen LogP contribution >= 0.6 is 17.0 Å². The number of hydrogen-bond acceptors (Lipinski definition) is 2. The zero-order chi connectivity index (χ0) is 22.3. The summed E-state index contributed by atoms with van der Waals surface area (Å²) in [6.45, 7) is 8.53. The van der Waals surface area contributed by atoms with Crippen molar-refractivity contribution in [3.05, 3.63) is 71.8 Å². The van der Waals surface area contributed by atoms with Crippen LogP contribution in [0.4, 0.5) is 0 Å². The van der Waals surface area contributed by atoms with Crippen LogP contribution in [0.1, 0.15) is 11.1 Å². The van der Waals surface area contributed by atoms with Gasteiger partial charge in [-0.15, -0.1) is 58.3 Å². The van der Waals surface area contributed by atoms with Gasteiger partial charge in [0, 0.05) is 0 Å². The van der Waals surface area contributed by atoms with Crippen LogP contribution in [0.2, 0.25) is 13.1 Å². The van der Waals surface area contributed by atoms with E-state index in [1.54, 1.807) is 14.2 Å². The van der Waals surface area contributed by atoms with E-state index in [4.69, 9.17) is 26.5 Å². The number of fused-ring (bicyclic) bond motifs is 2. The minimum atomic E-state index is -1.65. The number of benzene rings is 2. The second-order valence-corrected chi connectivity index (χ2v) is 30.2. The van der Waals surface area contributed by atoms with E-state index in [0.717, 1.165) is 11.5 Å². The van der Waals surface area contributed by atoms with Crippen LogP contribution in [0.5, 0.6) is 11.5 Å². The molecule has 0 N–H and O–H groups in total. The predicted molar refractivity (Wildman–Crippen MR) is 131 cm³/mol. The Bertz CT molecular complexity index is 1050. The van der Waals surface area contributed by atoms with Crippen LogP contribution < -0.4 is 9.47 Å². The van der Waals surface area contributed by atoms with E-state index in [1.807, 2.05) is 24.3 Å². The zero-order valence-electron chi connectivity index (χ0n) is 18.3. The Balaban J connectivity index is 0.000000171. The number of ether oxygens (including phenoxy) is 2. The van der Waals surface area contributed by atoms with Crippen molar-refractivity contribution < 1.29 is 27.5 Å². The molecular weight excluding hydrogens is 510 g/mol. The van der Waals surface area contributed by atoms with Gasteiger partial charge in [-0.1, -0.05) is 24.6 Å². The maximum atomic E-state index is 5.62. The van der Waals surface area contributed by atoms with E-state index in [-0.39, 0.29) is 5.43 Å². The molecule has 0 aliphatic heterocycles. The molecule has 4 aromatic rings. The molecular formula is C24H28Cl2O2SiZr-2. The normalized spacial score (nSPS) is 10.0. The minimum absolute atomic E-state index is 0.224. The van der Waals surface area contributed by atoms with Crippen molar-refractivity contribution in [1.82, 2.24) is 0 Å². The summed E-state index contributed by atoms with van der Waals surface area (Å²) in [6.07, 6.45) is 0.